The van der Waals surface area contributed by atoms with Crippen molar-refractivity contribution in [2.45, 2.75) is 27.2 Å². The van der Waals surface area contributed by atoms with Crippen molar-refractivity contribution in [2.75, 3.05) is 0 Å². The number of hydrogen-bond donors (Lipinski definition) is 0. The van der Waals surface area contributed by atoms with Crippen LogP contribution in [0.15, 0.2) is 0 Å². The average Bonchev–Trinajstić information content (AvgIpc) is 1.38. The van der Waals surface area contributed by atoms with Gasteiger partial charge in [-0.25, -0.2) is 0 Å². The minimum Gasteiger partial charge on any atom is -0.0651 e. The van der Waals surface area contributed by atoms with E-state index in [-0.39, 0.29) is 8.41 Å². The van der Waals surface area contributed by atoms with Gasteiger partial charge in [-0.2, -0.15) is 0 Å². The SMILES string of the molecule is B.CCC(C)C. The summed E-state index contributed by atoms with van der Waals surface area (Å²) < 4.78 is 0. The molecule has 0 bridgehead atoms. The molecule has 0 aromatic heterocycles. The highest BCUT2D eigenvalue weighted by molar-refractivity contribution is 5.75. The van der Waals surface area contributed by atoms with Crippen molar-refractivity contribution in [3.8, 4) is 0 Å². The van der Waals surface area contributed by atoms with Crippen molar-refractivity contribution in [3.63, 3.8) is 0 Å². The molecule has 0 saturated heterocycles. The van der Waals surface area contributed by atoms with Crippen molar-refractivity contribution in [1.82, 2.24) is 0 Å². The Morgan fingerprint density at radius 3 is 1.50 bits per heavy atom. The van der Waals surface area contributed by atoms with Crippen molar-refractivity contribution in [2.24, 2.45) is 5.92 Å². The fourth-order valence-corrected chi connectivity index (χ4v) is 0. The first-order chi connectivity index (χ1) is 2.27. The summed E-state index contributed by atoms with van der Waals surface area (Å²) in [5, 5.41) is 0. The fourth-order valence-electron chi connectivity index (χ4n) is 0. The average molecular weight is 86.0 g/mol. The Morgan fingerprint density at radius 1 is 1.33 bits per heavy atom. The minimum atomic E-state index is 0. The van der Waals surface area contributed by atoms with Crippen molar-refractivity contribution in [1.29, 1.82) is 0 Å². The summed E-state index contributed by atoms with van der Waals surface area (Å²) in [7, 11) is 0. The Bertz CT molecular complexity index is 17.9. The van der Waals surface area contributed by atoms with Crippen molar-refractivity contribution in [3.05, 3.63) is 0 Å². The summed E-state index contributed by atoms with van der Waals surface area (Å²) in [5.74, 6) is 0.884. The lowest BCUT2D eigenvalue weighted by atomic mass is 10.2. The minimum absolute atomic E-state index is 0. The maximum Gasteiger partial charge on any atom is 0.0814 e. The van der Waals surface area contributed by atoms with Crippen molar-refractivity contribution < 1.29 is 0 Å². The zero-order chi connectivity index (χ0) is 4.28. The Morgan fingerprint density at radius 2 is 1.50 bits per heavy atom. The molecule has 0 heterocycles. The van der Waals surface area contributed by atoms with E-state index in [2.05, 4.69) is 20.8 Å². The van der Waals surface area contributed by atoms with Crippen LogP contribution in [0.25, 0.3) is 0 Å². The second-order valence-corrected chi connectivity index (χ2v) is 1.80. The maximum atomic E-state index is 2.22. The monoisotopic (exact) mass is 86.1 g/mol. The van der Waals surface area contributed by atoms with Crippen LogP contribution < -0.4 is 0 Å². The summed E-state index contributed by atoms with van der Waals surface area (Å²) in [6, 6.07) is 0. The third kappa shape index (κ3) is 8.96. The van der Waals surface area contributed by atoms with E-state index < -0.39 is 0 Å². The lowest BCUT2D eigenvalue weighted by molar-refractivity contribution is 0.626. The number of rotatable bonds is 1. The highest BCUT2D eigenvalue weighted by Crippen LogP contribution is 1.93. The molecule has 0 saturated carbocycles. The molecule has 0 aliphatic carbocycles. The van der Waals surface area contributed by atoms with Crippen LogP contribution in [0.5, 0.6) is 0 Å². The first-order valence-corrected chi connectivity index (χ1v) is 2.27. The standard InChI is InChI=1S/C5H12.BH3/c1-4-5(2)3;/h5H,4H2,1-3H3;1H3. The molecule has 0 N–H and O–H groups in total. The quantitative estimate of drug-likeness (QED) is 0.415. The lowest BCUT2D eigenvalue weighted by Crippen LogP contribution is -1.77. The molecule has 38 valence electrons. The van der Waals surface area contributed by atoms with E-state index in [9.17, 15) is 0 Å². The molecule has 0 spiro atoms. The van der Waals surface area contributed by atoms with E-state index in [4.69, 9.17) is 0 Å². The second-order valence-electron chi connectivity index (χ2n) is 1.80. The van der Waals surface area contributed by atoms with E-state index in [1.807, 2.05) is 0 Å². The predicted octanol–water partition coefficient (Wildman–Crippen LogP) is 0.869. The third-order valence-electron chi connectivity index (χ3n) is 0.816. The highest BCUT2D eigenvalue weighted by Gasteiger charge is 1.80. The van der Waals surface area contributed by atoms with E-state index in [0.29, 0.717) is 0 Å². The molecule has 0 aliphatic rings. The van der Waals surface area contributed by atoms with Gasteiger partial charge < -0.3 is 0 Å². The van der Waals surface area contributed by atoms with E-state index in [0.717, 1.165) is 5.92 Å². The molecule has 0 fully saturated rings. The largest absolute Gasteiger partial charge is 0.0814 e. The Kier molecular flexibility index (Phi) is 7.95. The van der Waals surface area contributed by atoms with Crippen LogP contribution in [0.4, 0.5) is 0 Å². The van der Waals surface area contributed by atoms with Crippen LogP contribution in [0.2, 0.25) is 0 Å². The summed E-state index contributed by atoms with van der Waals surface area (Å²) in [4.78, 5) is 0. The van der Waals surface area contributed by atoms with Crippen LogP contribution in [-0.4, -0.2) is 8.41 Å². The summed E-state index contributed by atoms with van der Waals surface area (Å²) >= 11 is 0. The van der Waals surface area contributed by atoms with Crippen molar-refractivity contribution >= 4 is 8.41 Å². The molecule has 0 amide bonds. The molecule has 0 aliphatic heterocycles. The fraction of sp³-hybridized carbons (Fsp3) is 1.00. The van der Waals surface area contributed by atoms with E-state index >= 15 is 0 Å². The molecule has 0 atom stereocenters. The first-order valence-electron chi connectivity index (χ1n) is 2.27. The molecule has 0 aromatic carbocycles. The third-order valence-corrected chi connectivity index (χ3v) is 0.816. The molecule has 1 heteroatoms. The van der Waals surface area contributed by atoms with Crippen LogP contribution in [-0.2, 0) is 0 Å². The molecule has 6 heavy (non-hydrogen) atoms. The van der Waals surface area contributed by atoms with Gasteiger partial charge in [-0.15, -0.1) is 0 Å². The Hall–Kier alpha value is 0.0649. The van der Waals surface area contributed by atoms with Crippen LogP contribution in [0.1, 0.15) is 27.2 Å². The predicted molar refractivity (Wildman–Crippen MR) is 35.1 cm³/mol. The van der Waals surface area contributed by atoms with Gasteiger partial charge in [-0.05, 0) is 5.92 Å². The molecular formula is C5H15B. The summed E-state index contributed by atoms with van der Waals surface area (Å²) in [6.45, 7) is 6.64. The van der Waals surface area contributed by atoms with Gasteiger partial charge in [0.25, 0.3) is 0 Å². The van der Waals surface area contributed by atoms with Gasteiger partial charge in [-0.1, -0.05) is 27.2 Å². The summed E-state index contributed by atoms with van der Waals surface area (Å²) in [6.07, 6.45) is 1.31. The zero-order valence-corrected chi connectivity index (χ0v) is 4.28. The molecular weight excluding hydrogens is 70.9 g/mol. The van der Waals surface area contributed by atoms with Crippen LogP contribution in [0.3, 0.4) is 0 Å². The number of hydrogen-bond acceptors (Lipinski definition) is 0. The summed E-state index contributed by atoms with van der Waals surface area (Å²) in [5.41, 5.74) is 0. The molecule has 0 unspecified atom stereocenters. The smallest absolute Gasteiger partial charge is 0.0651 e. The first kappa shape index (κ1) is 9.42. The highest BCUT2D eigenvalue weighted by atomic mass is 13.9. The maximum absolute atomic E-state index is 2.22. The van der Waals surface area contributed by atoms with Gasteiger partial charge in [0.1, 0.15) is 0 Å². The van der Waals surface area contributed by atoms with Crippen LogP contribution in [0, 0.1) is 5.92 Å². The normalized spacial score (nSPS) is 8.00. The van der Waals surface area contributed by atoms with Gasteiger partial charge in [0.2, 0.25) is 0 Å². The Balaban J connectivity index is 0. The second kappa shape index (κ2) is 5.06. The molecule has 0 radical (unpaired) electrons. The van der Waals surface area contributed by atoms with Gasteiger partial charge in [0.05, 0.1) is 8.41 Å². The van der Waals surface area contributed by atoms with E-state index in [1.54, 1.807) is 0 Å². The zero-order valence-electron chi connectivity index (χ0n) is 4.28. The van der Waals surface area contributed by atoms with Gasteiger partial charge >= 0.3 is 0 Å². The molecule has 0 rings (SSSR count). The van der Waals surface area contributed by atoms with E-state index in [1.165, 1.54) is 6.42 Å². The van der Waals surface area contributed by atoms with Gasteiger partial charge in [0, 0.05) is 0 Å². The van der Waals surface area contributed by atoms with Gasteiger partial charge in [0.15, 0.2) is 0 Å². The van der Waals surface area contributed by atoms with Gasteiger partial charge in [-0.3, -0.25) is 0 Å². The topological polar surface area (TPSA) is 0 Å². The van der Waals surface area contributed by atoms with Crippen LogP contribution >= 0.6 is 0 Å². The lowest BCUT2D eigenvalue weighted by Gasteiger charge is -1.90. The Labute approximate surface area is 42.5 Å². The molecule has 0 nitrogen and oxygen atoms in total. The molecule has 0 aromatic rings.